The summed E-state index contributed by atoms with van der Waals surface area (Å²) in [5.41, 5.74) is -0.0810. The van der Waals surface area contributed by atoms with E-state index in [2.05, 4.69) is 10.3 Å². The van der Waals surface area contributed by atoms with Gasteiger partial charge in [0.2, 0.25) is 5.95 Å². The quantitative estimate of drug-likeness (QED) is 0.735. The Morgan fingerprint density at radius 3 is 2.67 bits per heavy atom. The van der Waals surface area contributed by atoms with Gasteiger partial charge in [-0.05, 0) is 18.9 Å². The molecule has 2 N–H and O–H groups in total. The summed E-state index contributed by atoms with van der Waals surface area (Å²) in [5.74, 6) is -0.517. The Morgan fingerprint density at radius 2 is 2.13 bits per heavy atom. The van der Waals surface area contributed by atoms with E-state index in [0.29, 0.717) is 25.1 Å². The molecule has 0 fully saturated rings. The van der Waals surface area contributed by atoms with E-state index in [1.54, 1.807) is 6.07 Å². The van der Waals surface area contributed by atoms with Crippen molar-refractivity contribution in [2.75, 3.05) is 11.9 Å². The van der Waals surface area contributed by atoms with Crippen LogP contribution in [0.2, 0.25) is 0 Å². The number of nitrogens with zero attached hydrogens (tertiary/aromatic N) is 1. The van der Waals surface area contributed by atoms with Gasteiger partial charge in [0, 0.05) is 24.5 Å². The van der Waals surface area contributed by atoms with Crippen LogP contribution in [0.4, 0.5) is 10.1 Å². The molecule has 84 valence electrons. The van der Waals surface area contributed by atoms with Crippen molar-refractivity contribution in [3.05, 3.63) is 24.3 Å². The van der Waals surface area contributed by atoms with Crippen LogP contribution in [0.25, 0.3) is 0 Å². The van der Waals surface area contributed by atoms with Gasteiger partial charge in [-0.3, -0.25) is 0 Å². The Kier molecular flexibility index (Phi) is 4.03. The fraction of sp³-hybridized carbons (Fsp3) is 0.545. The van der Waals surface area contributed by atoms with E-state index in [-0.39, 0.29) is 0 Å². The second-order valence-electron chi connectivity index (χ2n) is 3.65. The molecule has 1 rings (SSSR count). The lowest BCUT2D eigenvalue weighted by atomic mass is 9.97. The first-order valence-corrected chi connectivity index (χ1v) is 5.17. The maximum atomic E-state index is 12.7. The van der Waals surface area contributed by atoms with Crippen LogP contribution >= 0.6 is 0 Å². The maximum Gasteiger partial charge on any atom is 0.214 e. The zero-order valence-electron chi connectivity index (χ0n) is 9.13. The van der Waals surface area contributed by atoms with E-state index in [1.165, 1.54) is 12.3 Å². The van der Waals surface area contributed by atoms with E-state index in [4.69, 9.17) is 0 Å². The molecule has 0 amide bonds. The first kappa shape index (κ1) is 11.9. The minimum atomic E-state index is -0.722. The molecule has 0 bridgehead atoms. The minimum Gasteiger partial charge on any atom is -0.388 e. The summed E-state index contributed by atoms with van der Waals surface area (Å²) in [6, 6.07) is 2.99. The van der Waals surface area contributed by atoms with Crippen LogP contribution < -0.4 is 5.32 Å². The number of rotatable bonds is 5. The lowest BCUT2D eigenvalue weighted by molar-refractivity contribution is 0.0457. The molecule has 0 saturated heterocycles. The molecule has 1 aromatic heterocycles. The van der Waals surface area contributed by atoms with E-state index in [9.17, 15) is 9.50 Å². The van der Waals surface area contributed by atoms with Gasteiger partial charge in [-0.2, -0.15) is 4.39 Å². The molecule has 1 aromatic rings. The van der Waals surface area contributed by atoms with E-state index in [1.807, 2.05) is 13.8 Å². The molecule has 0 atom stereocenters. The van der Waals surface area contributed by atoms with Crippen molar-refractivity contribution in [1.82, 2.24) is 4.98 Å². The Balaban J connectivity index is 2.56. The average Bonchev–Trinajstić information content (AvgIpc) is 2.26. The lowest BCUT2D eigenvalue weighted by Crippen LogP contribution is -2.35. The third-order valence-electron chi connectivity index (χ3n) is 2.66. The molecule has 1 heterocycles. The standard InChI is InChI=1S/C11H17FN2O/c1-3-11(15,4-2)8-14-9-5-6-13-10(12)7-9/h5-7,15H,3-4,8H2,1-2H3,(H,13,14). The van der Waals surface area contributed by atoms with E-state index >= 15 is 0 Å². The highest BCUT2D eigenvalue weighted by Gasteiger charge is 2.21. The molecule has 0 aliphatic carbocycles. The number of aliphatic hydroxyl groups is 1. The van der Waals surface area contributed by atoms with Crippen LogP contribution in [0.3, 0.4) is 0 Å². The number of hydrogen-bond acceptors (Lipinski definition) is 3. The highest BCUT2D eigenvalue weighted by Crippen LogP contribution is 2.16. The van der Waals surface area contributed by atoms with Crippen molar-refractivity contribution < 1.29 is 9.50 Å². The van der Waals surface area contributed by atoms with Crippen molar-refractivity contribution in [2.24, 2.45) is 0 Å². The second-order valence-corrected chi connectivity index (χ2v) is 3.65. The Bertz CT molecular complexity index is 313. The summed E-state index contributed by atoms with van der Waals surface area (Å²) < 4.78 is 12.7. The van der Waals surface area contributed by atoms with Crippen LogP contribution in [0.15, 0.2) is 18.3 Å². The zero-order valence-corrected chi connectivity index (χ0v) is 9.13. The maximum absolute atomic E-state index is 12.7. The summed E-state index contributed by atoms with van der Waals surface area (Å²) in [7, 11) is 0. The van der Waals surface area contributed by atoms with Gasteiger partial charge in [0.1, 0.15) is 0 Å². The molecule has 3 nitrogen and oxygen atoms in total. The van der Waals surface area contributed by atoms with Gasteiger partial charge in [0.15, 0.2) is 0 Å². The molecular formula is C11H17FN2O. The minimum absolute atomic E-state index is 0.420. The lowest BCUT2D eigenvalue weighted by Gasteiger charge is -2.25. The molecule has 0 aliphatic heterocycles. The summed E-state index contributed by atoms with van der Waals surface area (Å²) in [5, 5.41) is 13.0. The van der Waals surface area contributed by atoms with Gasteiger partial charge < -0.3 is 10.4 Å². The van der Waals surface area contributed by atoms with Gasteiger partial charge in [-0.1, -0.05) is 13.8 Å². The normalized spacial score (nSPS) is 11.5. The molecule has 0 aliphatic rings. The molecule has 0 spiro atoms. The number of aromatic nitrogens is 1. The smallest absolute Gasteiger partial charge is 0.214 e. The van der Waals surface area contributed by atoms with Crippen LogP contribution in [0.5, 0.6) is 0 Å². The predicted molar refractivity (Wildman–Crippen MR) is 58.2 cm³/mol. The zero-order chi connectivity index (χ0) is 11.3. The van der Waals surface area contributed by atoms with Crippen LogP contribution in [0, 0.1) is 5.95 Å². The first-order valence-electron chi connectivity index (χ1n) is 5.17. The summed E-state index contributed by atoms with van der Waals surface area (Å²) >= 11 is 0. The summed E-state index contributed by atoms with van der Waals surface area (Å²) in [4.78, 5) is 3.46. The summed E-state index contributed by atoms with van der Waals surface area (Å²) in [6.45, 7) is 4.28. The molecule has 0 aromatic carbocycles. The molecular weight excluding hydrogens is 195 g/mol. The second kappa shape index (κ2) is 5.07. The number of halogens is 1. The fourth-order valence-corrected chi connectivity index (χ4v) is 1.28. The molecule has 4 heteroatoms. The van der Waals surface area contributed by atoms with Gasteiger partial charge >= 0.3 is 0 Å². The third kappa shape index (κ3) is 3.47. The van der Waals surface area contributed by atoms with Crippen molar-refractivity contribution in [1.29, 1.82) is 0 Å². The SMILES string of the molecule is CCC(O)(CC)CNc1ccnc(F)c1. The number of anilines is 1. The highest BCUT2D eigenvalue weighted by molar-refractivity contribution is 5.41. The fourth-order valence-electron chi connectivity index (χ4n) is 1.28. The number of pyridine rings is 1. The Labute approximate surface area is 89.4 Å². The van der Waals surface area contributed by atoms with Gasteiger partial charge in [0.05, 0.1) is 5.60 Å². The Morgan fingerprint density at radius 1 is 1.47 bits per heavy atom. The van der Waals surface area contributed by atoms with Gasteiger partial charge in [-0.15, -0.1) is 0 Å². The van der Waals surface area contributed by atoms with Gasteiger partial charge in [-0.25, -0.2) is 4.98 Å². The monoisotopic (exact) mass is 212 g/mol. The van der Waals surface area contributed by atoms with Crippen LogP contribution in [0.1, 0.15) is 26.7 Å². The van der Waals surface area contributed by atoms with Crippen LogP contribution in [-0.4, -0.2) is 22.2 Å². The molecule has 0 radical (unpaired) electrons. The highest BCUT2D eigenvalue weighted by atomic mass is 19.1. The van der Waals surface area contributed by atoms with Crippen molar-refractivity contribution in [3.8, 4) is 0 Å². The average molecular weight is 212 g/mol. The van der Waals surface area contributed by atoms with Crippen molar-refractivity contribution in [2.45, 2.75) is 32.3 Å². The van der Waals surface area contributed by atoms with Gasteiger partial charge in [0.25, 0.3) is 0 Å². The van der Waals surface area contributed by atoms with Crippen LogP contribution in [-0.2, 0) is 0 Å². The van der Waals surface area contributed by atoms with E-state index < -0.39 is 11.5 Å². The van der Waals surface area contributed by atoms with E-state index in [0.717, 1.165) is 0 Å². The number of hydrogen-bond donors (Lipinski definition) is 2. The topological polar surface area (TPSA) is 45.1 Å². The first-order chi connectivity index (χ1) is 7.09. The van der Waals surface area contributed by atoms with Crippen molar-refractivity contribution >= 4 is 5.69 Å². The number of nitrogens with one attached hydrogen (secondary N) is 1. The molecule has 0 saturated carbocycles. The predicted octanol–water partition coefficient (Wildman–Crippen LogP) is 2.18. The molecule has 15 heavy (non-hydrogen) atoms. The molecule has 0 unspecified atom stereocenters. The summed E-state index contributed by atoms with van der Waals surface area (Å²) in [6.07, 6.45) is 2.74. The third-order valence-corrected chi connectivity index (χ3v) is 2.66. The largest absolute Gasteiger partial charge is 0.388 e. The Hall–Kier alpha value is -1.16. The van der Waals surface area contributed by atoms with Crippen molar-refractivity contribution in [3.63, 3.8) is 0 Å².